The number of rotatable bonds is 4. The van der Waals surface area contributed by atoms with Crippen LogP contribution in [-0.2, 0) is 4.74 Å². The Labute approximate surface area is 82.0 Å². The van der Waals surface area contributed by atoms with Crippen molar-refractivity contribution in [3.63, 3.8) is 0 Å². The van der Waals surface area contributed by atoms with Crippen molar-refractivity contribution >= 4 is 0 Å². The maximum atomic E-state index is 5.58. The standard InChI is InChI=1S/C11H23NO/c1-9(12-2)11(13-3)10-7-5-4-6-8-10/h9-12H,4-8H2,1-3H3/t9-,11+/m0/s1. The molecule has 2 atom stereocenters. The highest BCUT2D eigenvalue weighted by atomic mass is 16.5. The molecule has 0 saturated heterocycles. The molecule has 1 rings (SSSR count). The van der Waals surface area contributed by atoms with E-state index < -0.39 is 0 Å². The maximum Gasteiger partial charge on any atom is 0.0749 e. The highest BCUT2D eigenvalue weighted by molar-refractivity contribution is 4.81. The summed E-state index contributed by atoms with van der Waals surface area (Å²) < 4.78 is 5.58. The van der Waals surface area contributed by atoms with E-state index in [-0.39, 0.29) is 0 Å². The van der Waals surface area contributed by atoms with Crippen LogP contribution in [0.15, 0.2) is 0 Å². The average molecular weight is 185 g/mol. The SMILES string of the molecule is CN[C@@H](C)[C@@H](OC)C1CCCCC1. The van der Waals surface area contributed by atoms with Gasteiger partial charge in [-0.15, -0.1) is 0 Å². The maximum absolute atomic E-state index is 5.58. The van der Waals surface area contributed by atoms with Crippen molar-refractivity contribution in [1.82, 2.24) is 5.32 Å². The molecule has 0 aromatic rings. The van der Waals surface area contributed by atoms with E-state index in [9.17, 15) is 0 Å². The molecular formula is C11H23NO. The summed E-state index contributed by atoms with van der Waals surface area (Å²) in [6.45, 7) is 2.21. The summed E-state index contributed by atoms with van der Waals surface area (Å²) in [5, 5.41) is 3.29. The third-order valence-corrected chi connectivity index (χ3v) is 3.33. The zero-order valence-electron chi connectivity index (χ0n) is 9.18. The molecule has 0 bridgehead atoms. The smallest absolute Gasteiger partial charge is 0.0749 e. The minimum Gasteiger partial charge on any atom is -0.380 e. The van der Waals surface area contributed by atoms with Crippen LogP contribution >= 0.6 is 0 Å². The van der Waals surface area contributed by atoms with Crippen molar-refractivity contribution in [2.75, 3.05) is 14.2 Å². The number of methoxy groups -OCH3 is 1. The fraction of sp³-hybridized carbons (Fsp3) is 1.00. The van der Waals surface area contributed by atoms with Gasteiger partial charge in [-0.2, -0.15) is 0 Å². The number of nitrogens with one attached hydrogen (secondary N) is 1. The van der Waals surface area contributed by atoms with E-state index in [0.29, 0.717) is 12.1 Å². The zero-order valence-corrected chi connectivity index (χ0v) is 9.18. The van der Waals surface area contributed by atoms with Crippen molar-refractivity contribution in [3.8, 4) is 0 Å². The molecule has 78 valence electrons. The first-order valence-electron chi connectivity index (χ1n) is 5.49. The van der Waals surface area contributed by atoms with Gasteiger partial charge >= 0.3 is 0 Å². The Bertz CT molecular complexity index is 132. The Morgan fingerprint density at radius 3 is 2.31 bits per heavy atom. The third-order valence-electron chi connectivity index (χ3n) is 3.33. The Morgan fingerprint density at radius 2 is 1.85 bits per heavy atom. The molecule has 1 saturated carbocycles. The molecule has 1 fully saturated rings. The highest BCUT2D eigenvalue weighted by Crippen LogP contribution is 2.29. The van der Waals surface area contributed by atoms with Crippen molar-refractivity contribution in [2.45, 2.75) is 51.2 Å². The summed E-state index contributed by atoms with van der Waals surface area (Å²) in [5.41, 5.74) is 0. The molecule has 2 nitrogen and oxygen atoms in total. The third kappa shape index (κ3) is 2.96. The molecule has 0 aromatic heterocycles. The van der Waals surface area contributed by atoms with E-state index in [1.54, 1.807) is 0 Å². The lowest BCUT2D eigenvalue weighted by Crippen LogP contribution is -2.41. The van der Waals surface area contributed by atoms with Gasteiger partial charge in [-0.05, 0) is 32.7 Å². The van der Waals surface area contributed by atoms with Gasteiger partial charge < -0.3 is 10.1 Å². The molecule has 0 unspecified atom stereocenters. The van der Waals surface area contributed by atoms with Crippen LogP contribution in [0.3, 0.4) is 0 Å². The van der Waals surface area contributed by atoms with Crippen LogP contribution in [0.25, 0.3) is 0 Å². The number of likely N-dealkylation sites (N-methyl/N-ethyl adjacent to an activating group) is 1. The van der Waals surface area contributed by atoms with Gasteiger partial charge in [-0.1, -0.05) is 19.3 Å². The number of ether oxygens (including phenoxy) is 1. The second-order valence-electron chi connectivity index (χ2n) is 4.18. The van der Waals surface area contributed by atoms with Gasteiger partial charge in [-0.3, -0.25) is 0 Å². The summed E-state index contributed by atoms with van der Waals surface area (Å²) in [6.07, 6.45) is 7.31. The van der Waals surface area contributed by atoms with E-state index in [4.69, 9.17) is 4.74 Å². The van der Waals surface area contributed by atoms with Crippen LogP contribution in [0.2, 0.25) is 0 Å². The van der Waals surface area contributed by atoms with Crippen molar-refractivity contribution in [3.05, 3.63) is 0 Å². The van der Waals surface area contributed by atoms with Crippen LogP contribution in [0.1, 0.15) is 39.0 Å². The number of hydrogen-bond acceptors (Lipinski definition) is 2. The highest BCUT2D eigenvalue weighted by Gasteiger charge is 2.26. The van der Waals surface area contributed by atoms with Gasteiger partial charge in [-0.25, -0.2) is 0 Å². The van der Waals surface area contributed by atoms with Gasteiger partial charge in [0.15, 0.2) is 0 Å². The molecule has 0 heterocycles. The van der Waals surface area contributed by atoms with Crippen molar-refractivity contribution in [2.24, 2.45) is 5.92 Å². The van der Waals surface area contributed by atoms with E-state index in [1.807, 2.05) is 14.2 Å². The van der Waals surface area contributed by atoms with Gasteiger partial charge in [0.2, 0.25) is 0 Å². The second-order valence-corrected chi connectivity index (χ2v) is 4.18. The Morgan fingerprint density at radius 1 is 1.23 bits per heavy atom. The van der Waals surface area contributed by atoms with Gasteiger partial charge in [0.1, 0.15) is 0 Å². The van der Waals surface area contributed by atoms with Crippen LogP contribution in [0.5, 0.6) is 0 Å². The predicted octanol–water partition coefficient (Wildman–Crippen LogP) is 2.19. The Balaban J connectivity index is 2.43. The molecule has 13 heavy (non-hydrogen) atoms. The molecule has 0 aliphatic heterocycles. The first-order valence-corrected chi connectivity index (χ1v) is 5.49. The first-order chi connectivity index (χ1) is 6.29. The topological polar surface area (TPSA) is 21.3 Å². The molecule has 0 amide bonds. The Kier molecular flexibility index (Phi) is 4.74. The largest absolute Gasteiger partial charge is 0.380 e. The normalized spacial score (nSPS) is 24.2. The molecule has 1 N–H and O–H groups in total. The molecule has 0 aromatic carbocycles. The lowest BCUT2D eigenvalue weighted by molar-refractivity contribution is 0.0146. The van der Waals surface area contributed by atoms with Crippen LogP contribution < -0.4 is 5.32 Å². The van der Waals surface area contributed by atoms with Gasteiger partial charge in [0.05, 0.1) is 6.10 Å². The summed E-state index contributed by atoms with van der Waals surface area (Å²) in [4.78, 5) is 0. The summed E-state index contributed by atoms with van der Waals surface area (Å²) in [7, 11) is 3.85. The minimum absolute atomic E-state index is 0.408. The van der Waals surface area contributed by atoms with Crippen molar-refractivity contribution < 1.29 is 4.74 Å². The van der Waals surface area contributed by atoms with Gasteiger partial charge in [0.25, 0.3) is 0 Å². The fourth-order valence-corrected chi connectivity index (χ4v) is 2.43. The number of hydrogen-bond donors (Lipinski definition) is 1. The quantitative estimate of drug-likeness (QED) is 0.725. The summed E-state index contributed by atoms with van der Waals surface area (Å²) in [5.74, 6) is 0.779. The average Bonchev–Trinajstić information content (AvgIpc) is 2.20. The molecule has 1 aliphatic rings. The summed E-state index contributed by atoms with van der Waals surface area (Å²) >= 11 is 0. The van der Waals surface area contributed by atoms with E-state index in [2.05, 4.69) is 12.2 Å². The zero-order chi connectivity index (χ0) is 9.68. The lowest BCUT2D eigenvalue weighted by atomic mass is 9.83. The molecule has 1 aliphatic carbocycles. The summed E-state index contributed by atoms with van der Waals surface area (Å²) in [6, 6.07) is 0.480. The molecule has 0 spiro atoms. The molecular weight excluding hydrogens is 162 g/mol. The lowest BCUT2D eigenvalue weighted by Gasteiger charge is -2.33. The van der Waals surface area contributed by atoms with E-state index >= 15 is 0 Å². The molecule has 2 heteroatoms. The van der Waals surface area contributed by atoms with Crippen LogP contribution in [0, 0.1) is 5.92 Å². The predicted molar refractivity (Wildman–Crippen MR) is 55.9 cm³/mol. The van der Waals surface area contributed by atoms with E-state index in [0.717, 1.165) is 5.92 Å². The van der Waals surface area contributed by atoms with Crippen LogP contribution in [-0.4, -0.2) is 26.3 Å². The first kappa shape index (κ1) is 11.0. The minimum atomic E-state index is 0.408. The van der Waals surface area contributed by atoms with Crippen molar-refractivity contribution in [1.29, 1.82) is 0 Å². The fourth-order valence-electron chi connectivity index (χ4n) is 2.43. The van der Waals surface area contributed by atoms with Crippen LogP contribution in [0.4, 0.5) is 0 Å². The van der Waals surface area contributed by atoms with Gasteiger partial charge in [0, 0.05) is 13.2 Å². The second kappa shape index (κ2) is 5.61. The monoisotopic (exact) mass is 185 g/mol. The van der Waals surface area contributed by atoms with E-state index in [1.165, 1.54) is 32.1 Å². The Hall–Kier alpha value is -0.0800. The molecule has 0 radical (unpaired) electrons.